The van der Waals surface area contributed by atoms with Gasteiger partial charge in [-0.1, -0.05) is 5.92 Å². The molecule has 0 unspecified atom stereocenters. The van der Waals surface area contributed by atoms with Crippen molar-refractivity contribution in [2.24, 2.45) is 4.99 Å². The summed E-state index contributed by atoms with van der Waals surface area (Å²) >= 11 is 0. The van der Waals surface area contributed by atoms with Crippen molar-refractivity contribution in [1.82, 2.24) is 0 Å². The zero-order valence-corrected chi connectivity index (χ0v) is 5.44. The quantitative estimate of drug-likeness (QED) is 0.376. The molecule has 0 bridgehead atoms. The van der Waals surface area contributed by atoms with Gasteiger partial charge in [0.25, 0.3) is 0 Å². The average Bonchev–Trinajstić information content (AvgIpc) is 1.81. The van der Waals surface area contributed by atoms with Gasteiger partial charge in [0.15, 0.2) is 0 Å². The van der Waals surface area contributed by atoms with E-state index in [4.69, 9.17) is 0 Å². The van der Waals surface area contributed by atoms with Crippen molar-refractivity contribution < 1.29 is 0 Å². The van der Waals surface area contributed by atoms with Crippen molar-refractivity contribution >= 4 is 6.21 Å². The third-order valence-electron chi connectivity index (χ3n) is 0.682. The van der Waals surface area contributed by atoms with Crippen LogP contribution in [0.1, 0.15) is 20.3 Å². The number of aliphatic imine (C=N–C) groups is 1. The number of rotatable bonds is 2. The van der Waals surface area contributed by atoms with E-state index in [1.54, 1.807) is 0 Å². The Morgan fingerprint density at radius 3 is 2.88 bits per heavy atom. The number of hydrogen-bond acceptors (Lipinski definition) is 1. The molecule has 0 aromatic rings. The van der Waals surface area contributed by atoms with E-state index in [1.165, 1.54) is 0 Å². The van der Waals surface area contributed by atoms with E-state index in [-0.39, 0.29) is 0 Å². The molecule has 1 heteroatoms. The maximum Gasteiger partial charge on any atom is 0.0439 e. The van der Waals surface area contributed by atoms with Gasteiger partial charge in [-0.05, 0) is 13.8 Å². The van der Waals surface area contributed by atoms with Gasteiger partial charge in [-0.3, -0.25) is 4.99 Å². The summed E-state index contributed by atoms with van der Waals surface area (Å²) in [5, 5.41) is 0. The lowest BCUT2D eigenvalue weighted by molar-refractivity contribution is 1.13. The van der Waals surface area contributed by atoms with Gasteiger partial charge in [0, 0.05) is 19.2 Å². The molecule has 0 amide bonds. The molecule has 0 rings (SSSR count). The molecule has 0 aliphatic rings. The van der Waals surface area contributed by atoms with Crippen molar-refractivity contribution in [2.45, 2.75) is 20.3 Å². The lowest BCUT2D eigenvalue weighted by atomic mass is 10.4. The SMILES string of the molecule is CC#CCC=NCC. The Morgan fingerprint density at radius 2 is 2.38 bits per heavy atom. The summed E-state index contributed by atoms with van der Waals surface area (Å²) < 4.78 is 0. The molecule has 0 saturated carbocycles. The van der Waals surface area contributed by atoms with Crippen LogP contribution >= 0.6 is 0 Å². The molecule has 0 aromatic carbocycles. The summed E-state index contributed by atoms with van der Waals surface area (Å²) in [4.78, 5) is 3.98. The molecule has 1 nitrogen and oxygen atoms in total. The predicted octanol–water partition coefficient (Wildman–Crippen LogP) is 1.49. The summed E-state index contributed by atoms with van der Waals surface area (Å²) in [6, 6.07) is 0. The molecule has 0 fully saturated rings. The van der Waals surface area contributed by atoms with Crippen molar-refractivity contribution in [2.75, 3.05) is 6.54 Å². The first-order valence-electron chi connectivity index (χ1n) is 2.79. The number of hydrogen-bond donors (Lipinski definition) is 0. The molecule has 0 saturated heterocycles. The molecular formula is C7H11N. The van der Waals surface area contributed by atoms with Crippen molar-refractivity contribution in [1.29, 1.82) is 0 Å². The second-order valence-electron chi connectivity index (χ2n) is 1.31. The lowest BCUT2D eigenvalue weighted by Gasteiger charge is -1.75. The maximum absolute atomic E-state index is 3.98. The highest BCUT2D eigenvalue weighted by Gasteiger charge is 1.65. The van der Waals surface area contributed by atoms with E-state index in [9.17, 15) is 0 Å². The molecule has 0 radical (unpaired) electrons. The van der Waals surface area contributed by atoms with E-state index in [1.807, 2.05) is 20.1 Å². The first-order chi connectivity index (χ1) is 3.91. The molecule has 0 N–H and O–H groups in total. The molecule has 0 heterocycles. The van der Waals surface area contributed by atoms with E-state index >= 15 is 0 Å². The van der Waals surface area contributed by atoms with Crippen molar-refractivity contribution in [3.05, 3.63) is 0 Å². The van der Waals surface area contributed by atoms with Crippen LogP contribution in [0.5, 0.6) is 0 Å². The van der Waals surface area contributed by atoms with Crippen LogP contribution in [0.3, 0.4) is 0 Å². The molecule has 0 atom stereocenters. The largest absolute Gasteiger partial charge is 0.297 e. The Hall–Kier alpha value is -0.770. The minimum Gasteiger partial charge on any atom is -0.297 e. The van der Waals surface area contributed by atoms with Gasteiger partial charge in [-0.2, -0.15) is 0 Å². The summed E-state index contributed by atoms with van der Waals surface area (Å²) in [5.41, 5.74) is 0. The fourth-order valence-electron chi connectivity index (χ4n) is 0.341. The van der Waals surface area contributed by atoms with Gasteiger partial charge in [0.05, 0.1) is 0 Å². The molecule has 0 aliphatic carbocycles. The van der Waals surface area contributed by atoms with E-state index in [2.05, 4.69) is 16.8 Å². The van der Waals surface area contributed by atoms with Gasteiger partial charge in [-0.15, -0.1) is 5.92 Å². The van der Waals surface area contributed by atoms with Gasteiger partial charge < -0.3 is 0 Å². The normalized spacial score (nSPS) is 8.75. The summed E-state index contributed by atoms with van der Waals surface area (Å²) in [6.07, 6.45) is 2.64. The highest BCUT2D eigenvalue weighted by atomic mass is 14.7. The van der Waals surface area contributed by atoms with Crippen LogP contribution in [0, 0.1) is 11.8 Å². The fraction of sp³-hybridized carbons (Fsp3) is 0.571. The first kappa shape index (κ1) is 7.23. The van der Waals surface area contributed by atoms with E-state index in [0.717, 1.165) is 13.0 Å². The van der Waals surface area contributed by atoms with Gasteiger partial charge in [0.2, 0.25) is 0 Å². The predicted molar refractivity (Wildman–Crippen MR) is 37.1 cm³/mol. The monoisotopic (exact) mass is 109 g/mol. The van der Waals surface area contributed by atoms with Crippen LogP contribution in [0.4, 0.5) is 0 Å². The molecule has 0 aromatic heterocycles. The third kappa shape index (κ3) is 5.23. The van der Waals surface area contributed by atoms with Crippen molar-refractivity contribution in [3.63, 3.8) is 0 Å². The average molecular weight is 109 g/mol. The van der Waals surface area contributed by atoms with Gasteiger partial charge >= 0.3 is 0 Å². The zero-order chi connectivity index (χ0) is 6.24. The highest BCUT2D eigenvalue weighted by Crippen LogP contribution is 1.69. The molecular weight excluding hydrogens is 98.1 g/mol. The minimum absolute atomic E-state index is 0.796. The topological polar surface area (TPSA) is 12.4 Å². The van der Waals surface area contributed by atoms with Crippen LogP contribution in [-0.2, 0) is 0 Å². The second-order valence-corrected chi connectivity index (χ2v) is 1.31. The van der Waals surface area contributed by atoms with Crippen molar-refractivity contribution in [3.8, 4) is 11.8 Å². The van der Waals surface area contributed by atoms with Crippen LogP contribution in [0.25, 0.3) is 0 Å². The van der Waals surface area contributed by atoms with Crippen LogP contribution in [0.15, 0.2) is 4.99 Å². The molecule has 0 spiro atoms. The Bertz CT molecular complexity index is 114. The first-order valence-corrected chi connectivity index (χ1v) is 2.79. The highest BCUT2D eigenvalue weighted by molar-refractivity contribution is 5.60. The Balaban J connectivity index is 3.12. The van der Waals surface area contributed by atoms with E-state index in [0.29, 0.717) is 0 Å². The smallest absolute Gasteiger partial charge is 0.0439 e. The Labute approximate surface area is 50.8 Å². The summed E-state index contributed by atoms with van der Waals surface area (Å²) in [6.45, 7) is 4.71. The standard InChI is InChI=1S/C7H11N/c1-3-5-6-7-8-4-2/h7H,4,6H2,1-2H3. The van der Waals surface area contributed by atoms with Gasteiger partial charge in [-0.25, -0.2) is 0 Å². The molecule has 8 heavy (non-hydrogen) atoms. The fourth-order valence-corrected chi connectivity index (χ4v) is 0.341. The Kier molecular flexibility index (Phi) is 5.63. The maximum atomic E-state index is 3.98. The van der Waals surface area contributed by atoms with Crippen LogP contribution in [0.2, 0.25) is 0 Å². The van der Waals surface area contributed by atoms with E-state index < -0.39 is 0 Å². The summed E-state index contributed by atoms with van der Waals surface area (Å²) in [7, 11) is 0. The summed E-state index contributed by atoms with van der Waals surface area (Å²) in [5.74, 6) is 5.67. The zero-order valence-electron chi connectivity index (χ0n) is 5.44. The lowest BCUT2D eigenvalue weighted by Crippen LogP contribution is -1.71. The van der Waals surface area contributed by atoms with Gasteiger partial charge in [0.1, 0.15) is 0 Å². The molecule has 0 aliphatic heterocycles. The number of nitrogens with zero attached hydrogens (tertiary/aromatic N) is 1. The second kappa shape index (κ2) is 6.23. The molecule has 44 valence electrons. The van der Waals surface area contributed by atoms with Crippen LogP contribution in [-0.4, -0.2) is 12.8 Å². The minimum atomic E-state index is 0.796. The van der Waals surface area contributed by atoms with Crippen LogP contribution < -0.4 is 0 Å². The Morgan fingerprint density at radius 1 is 1.62 bits per heavy atom. The third-order valence-corrected chi connectivity index (χ3v) is 0.682.